The van der Waals surface area contributed by atoms with Gasteiger partial charge in [0.05, 0.1) is 0 Å². The predicted octanol–water partition coefficient (Wildman–Crippen LogP) is 3.30. The minimum absolute atomic E-state index is 0.541. The molecule has 0 amide bonds. The van der Waals surface area contributed by atoms with Gasteiger partial charge in [-0.2, -0.15) is 4.98 Å². The fraction of sp³-hybridized carbons (Fsp3) is 0.875. The lowest BCUT2D eigenvalue weighted by Crippen LogP contribution is -2.14. The summed E-state index contributed by atoms with van der Waals surface area (Å²) in [7, 11) is 0. The van der Waals surface area contributed by atoms with Crippen LogP contribution in [0.3, 0.4) is 0 Å². The molecule has 1 aromatic rings. The van der Waals surface area contributed by atoms with E-state index in [2.05, 4.69) is 22.4 Å². The molecule has 1 aliphatic heterocycles. The predicted molar refractivity (Wildman–Crippen MR) is 78.6 cm³/mol. The van der Waals surface area contributed by atoms with Gasteiger partial charge >= 0.3 is 0 Å². The van der Waals surface area contributed by atoms with Crippen molar-refractivity contribution in [3.63, 3.8) is 0 Å². The maximum atomic E-state index is 5.47. The van der Waals surface area contributed by atoms with Gasteiger partial charge in [0, 0.05) is 12.3 Å². The Hall–Kier alpha value is -0.900. The third-order valence-electron chi connectivity index (χ3n) is 5.14. The molecule has 1 aromatic heterocycles. The molecule has 3 atom stereocenters. The molecule has 112 valence electrons. The number of aromatic nitrogens is 2. The lowest BCUT2D eigenvalue weighted by molar-refractivity contribution is 0.297. The third-order valence-corrected chi connectivity index (χ3v) is 5.14. The second kappa shape index (κ2) is 6.70. The zero-order valence-electron chi connectivity index (χ0n) is 12.6. The highest BCUT2D eigenvalue weighted by Crippen LogP contribution is 2.36. The van der Waals surface area contributed by atoms with E-state index >= 15 is 0 Å². The average molecular weight is 277 g/mol. The molecule has 2 fully saturated rings. The van der Waals surface area contributed by atoms with Gasteiger partial charge in [0.15, 0.2) is 5.82 Å². The van der Waals surface area contributed by atoms with Crippen LogP contribution in [0.4, 0.5) is 0 Å². The first-order chi connectivity index (χ1) is 9.85. The van der Waals surface area contributed by atoms with Crippen molar-refractivity contribution in [3.05, 3.63) is 11.7 Å². The van der Waals surface area contributed by atoms with E-state index in [0.717, 1.165) is 36.5 Å². The maximum Gasteiger partial charge on any atom is 0.226 e. The molecule has 0 spiro atoms. The first-order valence-electron chi connectivity index (χ1n) is 8.38. The Kier molecular flexibility index (Phi) is 4.71. The standard InChI is InChI=1S/C16H27N3O/c1-2-12-4-3-5-14(10-12)16-18-15(20-19-16)7-6-13-8-9-17-11-13/h12-14,17H,2-11H2,1H3. The summed E-state index contributed by atoms with van der Waals surface area (Å²) < 4.78 is 5.47. The molecule has 1 aliphatic carbocycles. The van der Waals surface area contributed by atoms with E-state index < -0.39 is 0 Å². The summed E-state index contributed by atoms with van der Waals surface area (Å²) in [6.07, 6.45) is 9.90. The van der Waals surface area contributed by atoms with E-state index in [1.54, 1.807) is 0 Å². The van der Waals surface area contributed by atoms with Gasteiger partial charge in [-0.05, 0) is 50.6 Å². The van der Waals surface area contributed by atoms with Crippen molar-refractivity contribution in [3.8, 4) is 0 Å². The SMILES string of the molecule is CCC1CCCC(c2noc(CCC3CCNC3)n2)C1. The summed E-state index contributed by atoms with van der Waals surface area (Å²) in [6.45, 7) is 4.62. The Labute approximate surface area is 121 Å². The first kappa shape index (κ1) is 14.1. The van der Waals surface area contributed by atoms with Crippen LogP contribution in [0.15, 0.2) is 4.52 Å². The highest BCUT2D eigenvalue weighted by atomic mass is 16.5. The van der Waals surface area contributed by atoms with Crippen molar-refractivity contribution >= 4 is 0 Å². The molecule has 0 radical (unpaired) electrons. The minimum atomic E-state index is 0.541. The quantitative estimate of drug-likeness (QED) is 0.897. The van der Waals surface area contributed by atoms with Gasteiger partial charge < -0.3 is 9.84 Å². The molecule has 20 heavy (non-hydrogen) atoms. The lowest BCUT2D eigenvalue weighted by atomic mass is 9.80. The first-order valence-corrected chi connectivity index (χ1v) is 8.38. The van der Waals surface area contributed by atoms with E-state index in [1.807, 2.05) is 0 Å². The number of hydrogen-bond acceptors (Lipinski definition) is 4. The largest absolute Gasteiger partial charge is 0.339 e. The number of rotatable bonds is 5. The minimum Gasteiger partial charge on any atom is -0.339 e. The summed E-state index contributed by atoms with van der Waals surface area (Å²) in [5.41, 5.74) is 0. The van der Waals surface area contributed by atoms with Gasteiger partial charge in [-0.25, -0.2) is 0 Å². The van der Waals surface area contributed by atoms with Crippen LogP contribution in [-0.4, -0.2) is 23.2 Å². The van der Waals surface area contributed by atoms with Crippen molar-refractivity contribution in [2.45, 2.75) is 64.2 Å². The van der Waals surface area contributed by atoms with E-state index in [0.29, 0.717) is 5.92 Å². The van der Waals surface area contributed by atoms with Gasteiger partial charge in [-0.15, -0.1) is 0 Å². The molecule has 1 saturated carbocycles. The molecule has 2 heterocycles. The molecular weight excluding hydrogens is 250 g/mol. The molecule has 0 bridgehead atoms. The molecule has 1 saturated heterocycles. The normalized spacial score (nSPS) is 30.8. The Balaban J connectivity index is 1.53. The van der Waals surface area contributed by atoms with Crippen LogP contribution in [-0.2, 0) is 6.42 Å². The van der Waals surface area contributed by atoms with E-state index in [-0.39, 0.29) is 0 Å². The van der Waals surface area contributed by atoms with E-state index in [1.165, 1.54) is 51.5 Å². The second-order valence-electron chi connectivity index (χ2n) is 6.58. The Morgan fingerprint density at radius 2 is 2.20 bits per heavy atom. The van der Waals surface area contributed by atoms with Gasteiger partial charge in [-0.3, -0.25) is 0 Å². The molecule has 0 aromatic carbocycles. The second-order valence-corrected chi connectivity index (χ2v) is 6.58. The maximum absolute atomic E-state index is 5.47. The summed E-state index contributed by atoms with van der Waals surface area (Å²) in [4.78, 5) is 4.67. The summed E-state index contributed by atoms with van der Waals surface area (Å²) in [6, 6.07) is 0. The van der Waals surface area contributed by atoms with Crippen molar-refractivity contribution in [1.82, 2.24) is 15.5 Å². The molecular formula is C16H27N3O. The molecule has 3 rings (SSSR count). The third kappa shape index (κ3) is 3.40. The molecule has 2 aliphatic rings. The average Bonchev–Trinajstić information content (AvgIpc) is 3.16. The van der Waals surface area contributed by atoms with Crippen LogP contribution in [0.1, 0.15) is 69.5 Å². The van der Waals surface area contributed by atoms with Gasteiger partial charge in [0.2, 0.25) is 5.89 Å². The number of nitrogens with zero attached hydrogens (tertiary/aromatic N) is 2. The molecule has 4 heteroatoms. The van der Waals surface area contributed by atoms with Crippen LogP contribution < -0.4 is 5.32 Å². The van der Waals surface area contributed by atoms with Gasteiger partial charge in [0.25, 0.3) is 0 Å². The number of aryl methyl sites for hydroxylation is 1. The van der Waals surface area contributed by atoms with Crippen LogP contribution in [0, 0.1) is 11.8 Å². The van der Waals surface area contributed by atoms with Crippen molar-refractivity contribution in [2.75, 3.05) is 13.1 Å². The smallest absolute Gasteiger partial charge is 0.226 e. The Morgan fingerprint density at radius 3 is 3.00 bits per heavy atom. The van der Waals surface area contributed by atoms with Crippen molar-refractivity contribution in [1.29, 1.82) is 0 Å². The van der Waals surface area contributed by atoms with E-state index in [4.69, 9.17) is 4.52 Å². The monoisotopic (exact) mass is 277 g/mol. The van der Waals surface area contributed by atoms with Crippen LogP contribution in [0.2, 0.25) is 0 Å². The fourth-order valence-corrected chi connectivity index (χ4v) is 3.72. The van der Waals surface area contributed by atoms with Crippen molar-refractivity contribution in [2.24, 2.45) is 11.8 Å². The Morgan fingerprint density at radius 1 is 1.25 bits per heavy atom. The van der Waals surface area contributed by atoms with Gasteiger partial charge in [-0.1, -0.05) is 31.3 Å². The zero-order valence-corrected chi connectivity index (χ0v) is 12.6. The summed E-state index contributed by atoms with van der Waals surface area (Å²) in [5, 5.41) is 7.66. The fourth-order valence-electron chi connectivity index (χ4n) is 3.72. The molecule has 3 unspecified atom stereocenters. The summed E-state index contributed by atoms with van der Waals surface area (Å²) >= 11 is 0. The number of nitrogens with one attached hydrogen (secondary N) is 1. The van der Waals surface area contributed by atoms with Crippen LogP contribution in [0.5, 0.6) is 0 Å². The van der Waals surface area contributed by atoms with E-state index in [9.17, 15) is 0 Å². The highest BCUT2D eigenvalue weighted by molar-refractivity contribution is 4.98. The number of hydrogen-bond donors (Lipinski definition) is 1. The zero-order chi connectivity index (χ0) is 13.8. The van der Waals surface area contributed by atoms with Crippen LogP contribution >= 0.6 is 0 Å². The summed E-state index contributed by atoms with van der Waals surface area (Å²) in [5.74, 6) is 4.03. The lowest BCUT2D eigenvalue weighted by Gasteiger charge is -2.26. The molecule has 4 nitrogen and oxygen atoms in total. The van der Waals surface area contributed by atoms with Crippen molar-refractivity contribution < 1.29 is 4.52 Å². The van der Waals surface area contributed by atoms with Gasteiger partial charge in [0.1, 0.15) is 0 Å². The van der Waals surface area contributed by atoms with Crippen LogP contribution in [0.25, 0.3) is 0 Å². The topological polar surface area (TPSA) is 51.0 Å². The Bertz CT molecular complexity index is 412. The highest BCUT2D eigenvalue weighted by Gasteiger charge is 2.26. The molecule has 1 N–H and O–H groups in total.